The van der Waals surface area contributed by atoms with E-state index in [1.807, 2.05) is 13.8 Å². The van der Waals surface area contributed by atoms with Gasteiger partial charge in [0.05, 0.1) is 18.8 Å². The maximum atomic E-state index is 13.2. The number of hydrogen-bond donors (Lipinski definition) is 1. The minimum atomic E-state index is -0.360. The maximum Gasteiger partial charge on any atom is 0.241 e. The second-order valence-corrected chi connectivity index (χ2v) is 6.35. The Balaban J connectivity index is 1.49. The molecule has 0 bridgehead atoms. The van der Waals surface area contributed by atoms with Gasteiger partial charge in [-0.15, -0.1) is 0 Å². The molecule has 2 heterocycles. The van der Waals surface area contributed by atoms with Crippen LogP contribution in [0.4, 0.5) is 10.1 Å². The third-order valence-electron chi connectivity index (χ3n) is 4.45. The standard InChI is InChI=1S/C18H23FN4O2/c1-13-11-20-17(25-13)12-22-6-8-23(9-7-22)14(2)18(24)21-16-5-3-4-15(19)10-16/h3-5,10-11,14H,6-9,12H2,1-2H3,(H,21,24). The number of carbonyl (C=O) groups is 1. The number of rotatable bonds is 5. The summed E-state index contributed by atoms with van der Waals surface area (Å²) in [5.41, 5.74) is 0.481. The molecule has 1 aromatic heterocycles. The zero-order chi connectivity index (χ0) is 17.8. The number of halogens is 1. The molecule has 6 nitrogen and oxygen atoms in total. The highest BCUT2D eigenvalue weighted by atomic mass is 19.1. The third-order valence-corrected chi connectivity index (χ3v) is 4.45. The Morgan fingerprint density at radius 1 is 1.36 bits per heavy atom. The monoisotopic (exact) mass is 346 g/mol. The zero-order valence-corrected chi connectivity index (χ0v) is 14.5. The summed E-state index contributed by atoms with van der Waals surface area (Å²) in [6.07, 6.45) is 1.73. The van der Waals surface area contributed by atoms with E-state index >= 15 is 0 Å². The lowest BCUT2D eigenvalue weighted by Crippen LogP contribution is -2.52. The molecule has 1 amide bonds. The van der Waals surface area contributed by atoms with E-state index in [1.54, 1.807) is 18.3 Å². The molecule has 1 N–H and O–H groups in total. The fraction of sp³-hybridized carbons (Fsp3) is 0.444. The zero-order valence-electron chi connectivity index (χ0n) is 14.5. The number of anilines is 1. The lowest BCUT2D eigenvalue weighted by atomic mass is 10.2. The average Bonchev–Trinajstić information content (AvgIpc) is 3.00. The predicted octanol–water partition coefficient (Wildman–Crippen LogP) is 2.27. The van der Waals surface area contributed by atoms with E-state index in [0.29, 0.717) is 12.2 Å². The van der Waals surface area contributed by atoms with Gasteiger partial charge >= 0.3 is 0 Å². The van der Waals surface area contributed by atoms with Gasteiger partial charge in [-0.2, -0.15) is 0 Å². The molecule has 1 aliphatic rings. The van der Waals surface area contributed by atoms with Crippen LogP contribution < -0.4 is 5.32 Å². The van der Waals surface area contributed by atoms with E-state index in [9.17, 15) is 9.18 Å². The normalized spacial score (nSPS) is 17.4. The first-order chi connectivity index (χ1) is 12.0. The first kappa shape index (κ1) is 17.6. The molecule has 1 saturated heterocycles. The summed E-state index contributed by atoms with van der Waals surface area (Å²) in [6, 6.07) is 5.67. The summed E-state index contributed by atoms with van der Waals surface area (Å²) in [6.45, 7) is 7.72. The topological polar surface area (TPSA) is 61.6 Å². The van der Waals surface area contributed by atoms with E-state index in [-0.39, 0.29) is 17.8 Å². The summed E-state index contributed by atoms with van der Waals surface area (Å²) in [4.78, 5) is 21.0. The fourth-order valence-electron chi connectivity index (χ4n) is 2.95. The second kappa shape index (κ2) is 7.76. The minimum absolute atomic E-state index is 0.123. The van der Waals surface area contributed by atoms with Gasteiger partial charge in [0.15, 0.2) is 0 Å². The van der Waals surface area contributed by atoms with Crippen LogP contribution in [0.2, 0.25) is 0 Å². The molecule has 25 heavy (non-hydrogen) atoms. The number of benzene rings is 1. The summed E-state index contributed by atoms with van der Waals surface area (Å²) >= 11 is 0. The number of hydrogen-bond acceptors (Lipinski definition) is 5. The van der Waals surface area contributed by atoms with Gasteiger partial charge in [-0.25, -0.2) is 9.37 Å². The maximum absolute atomic E-state index is 13.2. The van der Waals surface area contributed by atoms with Crippen molar-refractivity contribution >= 4 is 11.6 Å². The Morgan fingerprint density at radius 3 is 2.76 bits per heavy atom. The predicted molar refractivity (Wildman–Crippen MR) is 92.6 cm³/mol. The summed E-state index contributed by atoms with van der Waals surface area (Å²) < 4.78 is 18.7. The highest BCUT2D eigenvalue weighted by molar-refractivity contribution is 5.94. The van der Waals surface area contributed by atoms with Gasteiger partial charge in [-0.3, -0.25) is 14.6 Å². The molecule has 1 atom stereocenters. The van der Waals surface area contributed by atoms with Crippen molar-refractivity contribution in [1.29, 1.82) is 0 Å². The highest BCUT2D eigenvalue weighted by Crippen LogP contribution is 2.14. The molecule has 1 aliphatic heterocycles. The first-order valence-electron chi connectivity index (χ1n) is 8.45. The molecule has 0 spiro atoms. The molecule has 0 aliphatic carbocycles. The molecule has 1 aromatic carbocycles. The van der Waals surface area contributed by atoms with Crippen molar-refractivity contribution in [3.05, 3.63) is 47.9 Å². The van der Waals surface area contributed by atoms with E-state index in [1.165, 1.54) is 12.1 Å². The molecule has 0 saturated carbocycles. The molecular weight excluding hydrogens is 323 g/mol. The number of carbonyl (C=O) groups excluding carboxylic acids is 1. The summed E-state index contributed by atoms with van der Waals surface area (Å²) in [5.74, 6) is 1.06. The second-order valence-electron chi connectivity index (χ2n) is 6.35. The van der Waals surface area contributed by atoms with Crippen LogP contribution in [0.15, 0.2) is 34.9 Å². The van der Waals surface area contributed by atoms with Crippen molar-refractivity contribution in [2.45, 2.75) is 26.4 Å². The van der Waals surface area contributed by atoms with Crippen LogP contribution in [-0.4, -0.2) is 52.9 Å². The van der Waals surface area contributed by atoms with E-state index < -0.39 is 0 Å². The minimum Gasteiger partial charge on any atom is -0.445 e. The van der Waals surface area contributed by atoms with Gasteiger partial charge in [0, 0.05) is 31.9 Å². The first-order valence-corrected chi connectivity index (χ1v) is 8.45. The van der Waals surface area contributed by atoms with Crippen LogP contribution in [0.3, 0.4) is 0 Å². The molecule has 3 rings (SSSR count). The lowest BCUT2D eigenvalue weighted by Gasteiger charge is -2.36. The molecule has 0 radical (unpaired) electrons. The molecule has 7 heteroatoms. The van der Waals surface area contributed by atoms with E-state index in [0.717, 1.165) is 37.8 Å². The summed E-state index contributed by atoms with van der Waals surface area (Å²) in [7, 11) is 0. The number of amides is 1. The van der Waals surface area contributed by atoms with Gasteiger partial charge in [0.1, 0.15) is 11.6 Å². The molecule has 1 fully saturated rings. The largest absolute Gasteiger partial charge is 0.445 e. The smallest absolute Gasteiger partial charge is 0.241 e. The Hall–Kier alpha value is -2.25. The Morgan fingerprint density at radius 2 is 2.12 bits per heavy atom. The molecule has 1 unspecified atom stereocenters. The Bertz CT molecular complexity index is 725. The van der Waals surface area contributed by atoms with E-state index in [4.69, 9.17) is 4.42 Å². The van der Waals surface area contributed by atoms with Gasteiger partial charge in [0.25, 0.3) is 0 Å². The SMILES string of the molecule is Cc1cnc(CN2CCN(C(C)C(=O)Nc3cccc(F)c3)CC2)o1. The Labute approximate surface area is 146 Å². The number of nitrogens with one attached hydrogen (secondary N) is 1. The van der Waals surface area contributed by atoms with Crippen molar-refractivity contribution in [2.24, 2.45) is 0 Å². The number of piperazine rings is 1. The lowest BCUT2D eigenvalue weighted by molar-refractivity contribution is -0.121. The Kier molecular flexibility index (Phi) is 5.45. The van der Waals surface area contributed by atoms with Crippen molar-refractivity contribution in [3.63, 3.8) is 0 Å². The van der Waals surface area contributed by atoms with Crippen molar-refractivity contribution in [2.75, 3.05) is 31.5 Å². The number of nitrogens with zero attached hydrogens (tertiary/aromatic N) is 3. The quantitative estimate of drug-likeness (QED) is 0.900. The summed E-state index contributed by atoms with van der Waals surface area (Å²) in [5, 5.41) is 2.77. The van der Waals surface area contributed by atoms with Crippen molar-refractivity contribution in [1.82, 2.24) is 14.8 Å². The number of aromatic nitrogens is 1. The van der Waals surface area contributed by atoms with Crippen LogP contribution >= 0.6 is 0 Å². The molecule has 2 aromatic rings. The van der Waals surface area contributed by atoms with Gasteiger partial charge in [-0.05, 0) is 32.0 Å². The van der Waals surface area contributed by atoms with Crippen LogP contribution in [-0.2, 0) is 11.3 Å². The fourth-order valence-corrected chi connectivity index (χ4v) is 2.95. The molecular formula is C18H23FN4O2. The van der Waals surface area contributed by atoms with Crippen LogP contribution in [0.5, 0.6) is 0 Å². The number of aryl methyl sites for hydroxylation is 1. The van der Waals surface area contributed by atoms with Crippen LogP contribution in [0.1, 0.15) is 18.6 Å². The van der Waals surface area contributed by atoms with E-state index in [2.05, 4.69) is 20.1 Å². The van der Waals surface area contributed by atoms with Crippen LogP contribution in [0.25, 0.3) is 0 Å². The highest BCUT2D eigenvalue weighted by Gasteiger charge is 2.26. The third kappa shape index (κ3) is 4.64. The average molecular weight is 346 g/mol. The van der Waals surface area contributed by atoms with Gasteiger partial charge in [0.2, 0.25) is 11.8 Å². The molecule has 134 valence electrons. The number of oxazole rings is 1. The van der Waals surface area contributed by atoms with Crippen LogP contribution in [0, 0.1) is 12.7 Å². The van der Waals surface area contributed by atoms with Crippen molar-refractivity contribution < 1.29 is 13.6 Å². The van der Waals surface area contributed by atoms with Gasteiger partial charge in [-0.1, -0.05) is 6.07 Å². The van der Waals surface area contributed by atoms with Gasteiger partial charge < -0.3 is 9.73 Å². The van der Waals surface area contributed by atoms with Crippen molar-refractivity contribution in [3.8, 4) is 0 Å².